The first-order valence-corrected chi connectivity index (χ1v) is 10.3. The molecule has 182 valence electrons. The van der Waals surface area contributed by atoms with Gasteiger partial charge in [0.25, 0.3) is 0 Å². The van der Waals surface area contributed by atoms with E-state index >= 15 is 0 Å². The molecule has 0 spiro atoms. The van der Waals surface area contributed by atoms with Crippen molar-refractivity contribution in [3.63, 3.8) is 0 Å². The predicted octanol–water partition coefficient (Wildman–Crippen LogP) is 2.61. The quantitative estimate of drug-likeness (QED) is 0.591. The SMILES string of the molecule is COC(=O)C1=C(C(=O)OC)N(c2ccccc2)C(N)=C(C#N)[C@H]1c1cc(OC)c(OC)c(OC)c1. The molecule has 2 aromatic rings. The number of hydrogen-bond donors (Lipinski definition) is 1. The number of benzene rings is 2. The lowest BCUT2D eigenvalue weighted by Gasteiger charge is -2.36. The van der Waals surface area contributed by atoms with Crippen molar-refractivity contribution in [2.75, 3.05) is 40.4 Å². The first-order valence-electron chi connectivity index (χ1n) is 10.3. The molecule has 0 amide bonds. The topological polar surface area (TPSA) is 133 Å². The molecule has 10 nitrogen and oxygen atoms in total. The van der Waals surface area contributed by atoms with Gasteiger partial charge < -0.3 is 29.4 Å². The monoisotopic (exact) mass is 479 g/mol. The van der Waals surface area contributed by atoms with Gasteiger partial charge in [-0.3, -0.25) is 4.90 Å². The Kier molecular flexibility index (Phi) is 7.51. The van der Waals surface area contributed by atoms with Gasteiger partial charge in [-0.25, -0.2) is 9.59 Å². The van der Waals surface area contributed by atoms with Crippen molar-refractivity contribution < 1.29 is 33.3 Å². The summed E-state index contributed by atoms with van der Waals surface area (Å²) in [6.45, 7) is 0. The highest BCUT2D eigenvalue weighted by Crippen LogP contribution is 2.47. The number of methoxy groups -OCH3 is 5. The number of esters is 2. The van der Waals surface area contributed by atoms with Crippen LogP contribution in [-0.2, 0) is 19.1 Å². The number of carbonyl (C=O) groups excluding carboxylic acids is 2. The fraction of sp³-hybridized carbons (Fsp3) is 0.240. The van der Waals surface area contributed by atoms with Gasteiger partial charge in [0.05, 0.1) is 58.7 Å². The van der Waals surface area contributed by atoms with Crippen LogP contribution in [-0.4, -0.2) is 47.5 Å². The third kappa shape index (κ3) is 4.31. The van der Waals surface area contributed by atoms with Crippen LogP contribution < -0.4 is 24.8 Å². The van der Waals surface area contributed by atoms with Crippen molar-refractivity contribution in [3.05, 3.63) is 70.7 Å². The van der Waals surface area contributed by atoms with Crippen LogP contribution in [0.5, 0.6) is 17.2 Å². The molecule has 3 rings (SSSR count). The fourth-order valence-corrected chi connectivity index (χ4v) is 3.98. The lowest BCUT2D eigenvalue weighted by molar-refractivity contribution is -0.139. The van der Waals surface area contributed by atoms with E-state index in [9.17, 15) is 14.9 Å². The van der Waals surface area contributed by atoms with Crippen LogP contribution in [0.15, 0.2) is 65.1 Å². The average molecular weight is 479 g/mol. The first-order chi connectivity index (χ1) is 16.9. The third-order valence-corrected chi connectivity index (χ3v) is 5.51. The normalized spacial score (nSPS) is 15.3. The van der Waals surface area contributed by atoms with Crippen molar-refractivity contribution in [3.8, 4) is 23.3 Å². The maximum Gasteiger partial charge on any atom is 0.355 e. The van der Waals surface area contributed by atoms with Crippen molar-refractivity contribution in [2.45, 2.75) is 5.92 Å². The number of nitrogens with zero attached hydrogens (tertiary/aromatic N) is 2. The minimum absolute atomic E-state index is 0.0104. The molecule has 0 radical (unpaired) electrons. The van der Waals surface area contributed by atoms with Gasteiger partial charge in [-0.1, -0.05) is 18.2 Å². The zero-order chi connectivity index (χ0) is 25.7. The Balaban J connectivity index is 2.45. The van der Waals surface area contributed by atoms with E-state index in [0.717, 1.165) is 0 Å². The van der Waals surface area contributed by atoms with Crippen LogP contribution >= 0.6 is 0 Å². The van der Waals surface area contributed by atoms with E-state index < -0.39 is 17.9 Å². The molecule has 35 heavy (non-hydrogen) atoms. The molecule has 0 aliphatic carbocycles. The van der Waals surface area contributed by atoms with E-state index in [2.05, 4.69) is 6.07 Å². The highest BCUT2D eigenvalue weighted by Gasteiger charge is 2.43. The molecule has 0 unspecified atom stereocenters. The van der Waals surface area contributed by atoms with Gasteiger partial charge in [0.1, 0.15) is 11.5 Å². The van der Waals surface area contributed by atoms with Gasteiger partial charge in [0.2, 0.25) is 5.75 Å². The second-order valence-electron chi connectivity index (χ2n) is 7.22. The van der Waals surface area contributed by atoms with Gasteiger partial charge >= 0.3 is 11.9 Å². The molecule has 1 atom stereocenters. The number of carbonyl (C=O) groups is 2. The van der Waals surface area contributed by atoms with E-state index in [1.54, 1.807) is 42.5 Å². The summed E-state index contributed by atoms with van der Waals surface area (Å²) < 4.78 is 26.3. The summed E-state index contributed by atoms with van der Waals surface area (Å²) in [6, 6.07) is 13.8. The molecule has 2 N–H and O–H groups in total. The average Bonchev–Trinajstić information content (AvgIpc) is 2.90. The molecular formula is C25H25N3O7. The van der Waals surface area contributed by atoms with E-state index in [-0.39, 0.29) is 34.2 Å². The van der Waals surface area contributed by atoms with Gasteiger partial charge in [0, 0.05) is 5.69 Å². The number of rotatable bonds is 7. The second kappa shape index (κ2) is 10.5. The molecule has 0 saturated carbocycles. The largest absolute Gasteiger partial charge is 0.493 e. The van der Waals surface area contributed by atoms with Crippen LogP contribution in [0, 0.1) is 11.3 Å². The van der Waals surface area contributed by atoms with Crippen LogP contribution in [0.2, 0.25) is 0 Å². The number of hydrogen-bond acceptors (Lipinski definition) is 10. The van der Waals surface area contributed by atoms with Crippen LogP contribution in [0.1, 0.15) is 11.5 Å². The summed E-state index contributed by atoms with van der Waals surface area (Å²) in [4.78, 5) is 27.6. The summed E-state index contributed by atoms with van der Waals surface area (Å²) in [5, 5.41) is 10.2. The summed E-state index contributed by atoms with van der Waals surface area (Å²) >= 11 is 0. The molecule has 0 saturated heterocycles. The number of ether oxygens (including phenoxy) is 5. The minimum atomic E-state index is -1.10. The highest BCUT2D eigenvalue weighted by atomic mass is 16.5. The molecule has 1 aliphatic rings. The zero-order valence-corrected chi connectivity index (χ0v) is 19.9. The maximum absolute atomic E-state index is 13.2. The summed E-state index contributed by atoms with van der Waals surface area (Å²) in [5.41, 5.74) is 7.00. The molecule has 0 aromatic heterocycles. The Hall–Kier alpha value is -4.65. The van der Waals surface area contributed by atoms with E-state index in [4.69, 9.17) is 29.4 Å². The molecular weight excluding hydrogens is 454 g/mol. The lowest BCUT2D eigenvalue weighted by atomic mass is 9.80. The number of nitrogens with two attached hydrogens (primary N) is 1. The van der Waals surface area contributed by atoms with E-state index in [1.807, 2.05) is 0 Å². The predicted molar refractivity (Wildman–Crippen MR) is 126 cm³/mol. The third-order valence-electron chi connectivity index (χ3n) is 5.51. The molecule has 1 heterocycles. The Morgan fingerprint density at radius 3 is 1.94 bits per heavy atom. The lowest BCUT2D eigenvalue weighted by Crippen LogP contribution is -2.40. The molecule has 2 aromatic carbocycles. The Morgan fingerprint density at radius 2 is 1.49 bits per heavy atom. The van der Waals surface area contributed by atoms with Crippen molar-refractivity contribution in [1.82, 2.24) is 0 Å². The Morgan fingerprint density at radius 1 is 0.914 bits per heavy atom. The summed E-state index contributed by atoms with van der Waals surface area (Å²) in [6.07, 6.45) is 0. The first kappa shape index (κ1) is 25.0. The molecule has 0 bridgehead atoms. The Bertz CT molecular complexity index is 1220. The van der Waals surface area contributed by atoms with E-state index in [0.29, 0.717) is 17.0 Å². The van der Waals surface area contributed by atoms with Crippen molar-refractivity contribution in [1.29, 1.82) is 5.26 Å². The number of para-hydroxylation sites is 1. The van der Waals surface area contributed by atoms with Gasteiger partial charge in [-0.2, -0.15) is 5.26 Å². The second-order valence-corrected chi connectivity index (χ2v) is 7.22. The minimum Gasteiger partial charge on any atom is -0.493 e. The number of nitriles is 1. The van der Waals surface area contributed by atoms with Gasteiger partial charge in [0.15, 0.2) is 11.5 Å². The van der Waals surface area contributed by atoms with Crippen LogP contribution in [0.25, 0.3) is 0 Å². The van der Waals surface area contributed by atoms with E-state index in [1.165, 1.54) is 40.4 Å². The van der Waals surface area contributed by atoms with Crippen LogP contribution in [0.4, 0.5) is 5.69 Å². The van der Waals surface area contributed by atoms with Gasteiger partial charge in [-0.05, 0) is 29.8 Å². The number of anilines is 1. The fourth-order valence-electron chi connectivity index (χ4n) is 3.98. The maximum atomic E-state index is 13.2. The summed E-state index contributed by atoms with van der Waals surface area (Å²) in [5.74, 6) is -1.95. The Labute approximate surface area is 202 Å². The van der Waals surface area contributed by atoms with Crippen molar-refractivity contribution in [2.24, 2.45) is 5.73 Å². The number of allylic oxidation sites excluding steroid dienone is 1. The smallest absolute Gasteiger partial charge is 0.355 e. The highest BCUT2D eigenvalue weighted by molar-refractivity contribution is 6.06. The molecule has 0 fully saturated rings. The molecule has 1 aliphatic heterocycles. The standard InChI is InChI=1S/C25H25N3O7/c1-31-17-11-14(12-18(32-2)22(17)33-3)19-16(13-26)23(27)28(15-9-7-6-8-10-15)21(25(30)35-5)20(19)24(29)34-4/h6-12,19H,27H2,1-5H3/t19-/m1/s1. The zero-order valence-electron chi connectivity index (χ0n) is 19.9. The summed E-state index contributed by atoms with van der Waals surface area (Å²) in [7, 11) is 6.68. The molecule has 10 heteroatoms. The van der Waals surface area contributed by atoms with Crippen molar-refractivity contribution >= 4 is 17.6 Å². The van der Waals surface area contributed by atoms with Crippen LogP contribution in [0.3, 0.4) is 0 Å². The van der Waals surface area contributed by atoms with Gasteiger partial charge in [-0.15, -0.1) is 0 Å².